The highest BCUT2D eigenvalue weighted by molar-refractivity contribution is 5.81. The zero-order chi connectivity index (χ0) is 18.8. The molecule has 1 aliphatic carbocycles. The van der Waals surface area contributed by atoms with Gasteiger partial charge in [0.15, 0.2) is 11.5 Å². The van der Waals surface area contributed by atoms with Crippen LogP contribution < -0.4 is 9.47 Å². The molecule has 140 valence electrons. The summed E-state index contributed by atoms with van der Waals surface area (Å²) in [6.45, 7) is 4.23. The van der Waals surface area contributed by atoms with Gasteiger partial charge in [0.1, 0.15) is 5.82 Å². The number of imidazole rings is 1. The van der Waals surface area contributed by atoms with E-state index in [0.29, 0.717) is 0 Å². The molecular weight excluding hydrogens is 336 g/mol. The minimum atomic E-state index is 0.283. The highest BCUT2D eigenvalue weighted by atomic mass is 16.5. The van der Waals surface area contributed by atoms with Crippen LogP contribution >= 0.6 is 0 Å². The topological polar surface area (TPSA) is 47.1 Å². The van der Waals surface area contributed by atoms with Crippen molar-refractivity contribution >= 4 is 23.2 Å². The SMILES string of the molecule is COc1cccc(/C=C/c2nc3cc(C)c(C)cc3[nH]2)c1OC1CCCC1. The molecule has 0 radical (unpaired) electrons. The van der Waals surface area contributed by atoms with Crippen molar-refractivity contribution in [1.29, 1.82) is 0 Å². The number of rotatable bonds is 5. The molecule has 4 nitrogen and oxygen atoms in total. The monoisotopic (exact) mass is 362 g/mol. The zero-order valence-electron chi connectivity index (χ0n) is 16.2. The Kier molecular flexibility index (Phi) is 4.88. The van der Waals surface area contributed by atoms with Crippen LogP contribution in [-0.2, 0) is 0 Å². The molecule has 3 aromatic rings. The molecule has 0 spiro atoms. The molecule has 4 rings (SSSR count). The van der Waals surface area contributed by atoms with Gasteiger partial charge in [-0.3, -0.25) is 0 Å². The number of hydrogen-bond donors (Lipinski definition) is 1. The molecule has 1 heterocycles. The van der Waals surface area contributed by atoms with Gasteiger partial charge in [-0.2, -0.15) is 0 Å². The lowest BCUT2D eigenvalue weighted by Crippen LogP contribution is -2.12. The van der Waals surface area contributed by atoms with Gasteiger partial charge in [0.25, 0.3) is 0 Å². The van der Waals surface area contributed by atoms with E-state index in [0.717, 1.165) is 46.8 Å². The standard InChI is InChI=1S/C23H26N2O2/c1-15-13-19-20(14-16(15)2)25-22(24-19)12-11-17-7-6-10-21(26-3)23(17)27-18-8-4-5-9-18/h6-7,10-14,18H,4-5,8-9H2,1-3H3,(H,24,25)/b12-11+. The third-order valence-corrected chi connectivity index (χ3v) is 5.35. The number of hydrogen-bond acceptors (Lipinski definition) is 3. The molecule has 1 fully saturated rings. The van der Waals surface area contributed by atoms with Crippen LogP contribution in [0.15, 0.2) is 30.3 Å². The summed E-state index contributed by atoms with van der Waals surface area (Å²) in [6.07, 6.45) is 9.04. The number of nitrogens with one attached hydrogen (secondary N) is 1. The van der Waals surface area contributed by atoms with Crippen molar-refractivity contribution in [1.82, 2.24) is 9.97 Å². The molecule has 0 amide bonds. The number of methoxy groups -OCH3 is 1. The number of fused-ring (bicyclic) bond motifs is 1. The van der Waals surface area contributed by atoms with Crippen molar-refractivity contribution in [2.24, 2.45) is 0 Å². The first-order valence-electron chi connectivity index (χ1n) is 9.63. The molecule has 0 bridgehead atoms. The highest BCUT2D eigenvalue weighted by Crippen LogP contribution is 2.35. The van der Waals surface area contributed by atoms with Crippen LogP contribution in [0, 0.1) is 13.8 Å². The number of aromatic amines is 1. The number of ether oxygens (including phenoxy) is 2. The maximum absolute atomic E-state index is 6.30. The number of aromatic nitrogens is 2. The summed E-state index contributed by atoms with van der Waals surface area (Å²) < 4.78 is 11.8. The molecule has 1 saturated carbocycles. The summed E-state index contributed by atoms with van der Waals surface area (Å²) >= 11 is 0. The molecule has 2 aromatic carbocycles. The lowest BCUT2D eigenvalue weighted by Gasteiger charge is -2.18. The van der Waals surface area contributed by atoms with Crippen molar-refractivity contribution in [3.05, 3.63) is 52.8 Å². The van der Waals surface area contributed by atoms with Crippen molar-refractivity contribution in [2.75, 3.05) is 7.11 Å². The summed E-state index contributed by atoms with van der Waals surface area (Å²) in [5.41, 5.74) is 5.58. The molecule has 1 N–H and O–H groups in total. The van der Waals surface area contributed by atoms with Crippen molar-refractivity contribution in [3.63, 3.8) is 0 Å². The summed E-state index contributed by atoms with van der Waals surface area (Å²) in [5, 5.41) is 0. The summed E-state index contributed by atoms with van der Waals surface area (Å²) in [5.74, 6) is 2.44. The lowest BCUT2D eigenvalue weighted by atomic mass is 10.1. The Morgan fingerprint density at radius 1 is 1.07 bits per heavy atom. The second kappa shape index (κ2) is 7.47. The summed E-state index contributed by atoms with van der Waals surface area (Å²) in [6, 6.07) is 10.3. The van der Waals surface area contributed by atoms with Crippen molar-refractivity contribution in [3.8, 4) is 11.5 Å². The van der Waals surface area contributed by atoms with Gasteiger partial charge >= 0.3 is 0 Å². The first-order chi connectivity index (χ1) is 13.1. The van der Waals surface area contributed by atoms with Gasteiger partial charge in [0, 0.05) is 5.56 Å². The highest BCUT2D eigenvalue weighted by Gasteiger charge is 2.19. The Morgan fingerprint density at radius 3 is 2.63 bits per heavy atom. The minimum Gasteiger partial charge on any atom is -0.493 e. The third kappa shape index (κ3) is 3.70. The number of nitrogens with zero attached hydrogens (tertiary/aromatic N) is 1. The maximum Gasteiger partial charge on any atom is 0.168 e. The molecule has 4 heteroatoms. The van der Waals surface area contributed by atoms with Crippen molar-refractivity contribution < 1.29 is 9.47 Å². The average Bonchev–Trinajstić information content (AvgIpc) is 3.30. The first-order valence-corrected chi connectivity index (χ1v) is 9.63. The number of aryl methyl sites for hydroxylation is 2. The van der Waals surface area contributed by atoms with Gasteiger partial charge < -0.3 is 14.5 Å². The van der Waals surface area contributed by atoms with Gasteiger partial charge in [-0.1, -0.05) is 12.1 Å². The van der Waals surface area contributed by atoms with Crippen LogP contribution in [0.5, 0.6) is 11.5 Å². The predicted octanol–water partition coefficient (Wildman–Crippen LogP) is 5.68. The van der Waals surface area contributed by atoms with Crippen LogP contribution in [0.25, 0.3) is 23.2 Å². The van der Waals surface area contributed by atoms with E-state index in [1.54, 1.807) is 7.11 Å². The Morgan fingerprint density at radius 2 is 1.85 bits per heavy atom. The van der Waals surface area contributed by atoms with E-state index in [1.165, 1.54) is 24.0 Å². The Bertz CT molecular complexity index is 942. The van der Waals surface area contributed by atoms with Crippen molar-refractivity contribution in [2.45, 2.75) is 45.6 Å². The lowest BCUT2D eigenvalue weighted by molar-refractivity contribution is 0.200. The van der Waals surface area contributed by atoms with E-state index in [2.05, 4.69) is 37.0 Å². The molecule has 1 aromatic heterocycles. The van der Waals surface area contributed by atoms with Gasteiger partial charge in [-0.25, -0.2) is 4.98 Å². The summed E-state index contributed by atoms with van der Waals surface area (Å²) in [4.78, 5) is 8.08. The largest absolute Gasteiger partial charge is 0.493 e. The van der Waals surface area contributed by atoms with Gasteiger partial charge in [-0.15, -0.1) is 0 Å². The van der Waals surface area contributed by atoms with Gasteiger partial charge in [0.05, 0.1) is 24.2 Å². The zero-order valence-corrected chi connectivity index (χ0v) is 16.2. The van der Waals surface area contributed by atoms with E-state index in [1.807, 2.05) is 24.3 Å². The van der Waals surface area contributed by atoms with Crippen LogP contribution in [0.1, 0.15) is 48.2 Å². The minimum absolute atomic E-state index is 0.283. The fraction of sp³-hybridized carbons (Fsp3) is 0.348. The normalized spacial score (nSPS) is 15.1. The molecule has 0 atom stereocenters. The molecule has 0 aliphatic heterocycles. The Hall–Kier alpha value is -2.75. The van der Waals surface area contributed by atoms with E-state index in [9.17, 15) is 0 Å². The Labute approximate surface area is 160 Å². The molecule has 1 aliphatic rings. The quantitative estimate of drug-likeness (QED) is 0.635. The van der Waals surface area contributed by atoms with Gasteiger partial charge in [0.2, 0.25) is 0 Å². The predicted molar refractivity (Wildman–Crippen MR) is 110 cm³/mol. The smallest absolute Gasteiger partial charge is 0.168 e. The van der Waals surface area contributed by atoms with E-state index < -0.39 is 0 Å². The first kappa shape index (κ1) is 17.7. The molecule has 0 unspecified atom stereocenters. The van der Waals surface area contributed by atoms with Crippen LogP contribution in [0.3, 0.4) is 0 Å². The second-order valence-electron chi connectivity index (χ2n) is 7.31. The van der Waals surface area contributed by atoms with Crippen LogP contribution in [0.2, 0.25) is 0 Å². The fourth-order valence-electron chi connectivity index (χ4n) is 3.66. The van der Waals surface area contributed by atoms with Gasteiger partial charge in [-0.05, 0) is 81.0 Å². The number of H-pyrrole nitrogens is 1. The molecule has 0 saturated heterocycles. The second-order valence-corrected chi connectivity index (χ2v) is 7.31. The average molecular weight is 362 g/mol. The number of para-hydroxylation sites is 1. The molecule has 27 heavy (non-hydrogen) atoms. The van der Waals surface area contributed by atoms with E-state index in [-0.39, 0.29) is 6.10 Å². The van der Waals surface area contributed by atoms with Crippen LogP contribution in [-0.4, -0.2) is 23.2 Å². The van der Waals surface area contributed by atoms with E-state index >= 15 is 0 Å². The van der Waals surface area contributed by atoms with E-state index in [4.69, 9.17) is 14.5 Å². The summed E-state index contributed by atoms with van der Waals surface area (Å²) in [7, 11) is 1.69. The third-order valence-electron chi connectivity index (χ3n) is 5.35. The van der Waals surface area contributed by atoms with Crippen LogP contribution in [0.4, 0.5) is 0 Å². The maximum atomic E-state index is 6.30. The fourth-order valence-corrected chi connectivity index (χ4v) is 3.66. The molecular formula is C23H26N2O2. The number of benzene rings is 2. The Balaban J connectivity index is 1.65.